The van der Waals surface area contributed by atoms with Crippen molar-refractivity contribution in [2.24, 2.45) is 11.8 Å². The zero-order valence-electron chi connectivity index (χ0n) is 13.8. The lowest BCUT2D eigenvalue weighted by molar-refractivity contribution is -0.151. The summed E-state index contributed by atoms with van der Waals surface area (Å²) in [4.78, 5) is 26.6. The van der Waals surface area contributed by atoms with Crippen LogP contribution in [0.1, 0.15) is 50.2 Å². The highest BCUT2D eigenvalue weighted by molar-refractivity contribution is 5.87. The maximum atomic E-state index is 13.2. The molecule has 0 saturated carbocycles. The molecule has 0 aliphatic carbocycles. The molecule has 3 saturated heterocycles. The monoisotopic (exact) mass is 333 g/mol. The van der Waals surface area contributed by atoms with Crippen LogP contribution in [0.15, 0.2) is 16.5 Å². The Balaban J connectivity index is 1.57. The third kappa shape index (κ3) is 2.35. The molecule has 3 aliphatic heterocycles. The number of nitrogens with zero attached hydrogens (tertiary/aromatic N) is 1. The summed E-state index contributed by atoms with van der Waals surface area (Å²) in [6.45, 7) is 2.69. The number of likely N-dealkylation sites (tertiary alicyclic amines) is 1. The number of hydrogen-bond donors (Lipinski definition) is 1. The molecular formula is C18H23NO5. The van der Waals surface area contributed by atoms with E-state index in [-0.39, 0.29) is 24.2 Å². The fourth-order valence-electron chi connectivity index (χ4n) is 4.59. The Morgan fingerprint density at radius 3 is 2.62 bits per heavy atom. The number of amides is 1. The number of fused-ring (bicyclic) bond motifs is 2. The lowest BCUT2D eigenvalue weighted by atomic mass is 9.78. The van der Waals surface area contributed by atoms with Gasteiger partial charge in [-0.05, 0) is 37.8 Å². The van der Waals surface area contributed by atoms with Gasteiger partial charge in [0.25, 0.3) is 0 Å². The lowest BCUT2D eigenvalue weighted by Gasteiger charge is -2.31. The van der Waals surface area contributed by atoms with E-state index >= 15 is 0 Å². The molecule has 4 rings (SSSR count). The maximum absolute atomic E-state index is 13.2. The Hall–Kier alpha value is -1.82. The second-order valence-electron chi connectivity index (χ2n) is 7.03. The van der Waals surface area contributed by atoms with E-state index in [0.717, 1.165) is 43.6 Å². The summed E-state index contributed by atoms with van der Waals surface area (Å²) in [5.41, 5.74) is 0. The normalized spacial score (nSPS) is 34.9. The molecule has 1 aromatic rings. The van der Waals surface area contributed by atoms with Gasteiger partial charge in [0.1, 0.15) is 11.5 Å². The Morgan fingerprint density at radius 2 is 1.96 bits per heavy atom. The number of hydrogen-bond acceptors (Lipinski definition) is 4. The van der Waals surface area contributed by atoms with Gasteiger partial charge in [0.15, 0.2) is 0 Å². The van der Waals surface area contributed by atoms with Crippen molar-refractivity contribution in [1.29, 1.82) is 0 Å². The van der Waals surface area contributed by atoms with Crippen molar-refractivity contribution < 1.29 is 23.8 Å². The standard InChI is InChI=1S/C18H23NO5/c1-2-10-5-6-12(23-10)11-4-3-9-19(11)17(20)15-13-7-8-14(24-13)16(15)18(21)22/h5-6,11,13-16H,2-4,7-9H2,1H3,(H,21,22)/t11?,13-,14+,15-,16+/m0/s1. The second kappa shape index (κ2) is 5.92. The Morgan fingerprint density at radius 1 is 1.21 bits per heavy atom. The van der Waals surface area contributed by atoms with E-state index < -0.39 is 17.8 Å². The Labute approximate surface area is 140 Å². The first-order valence-electron chi connectivity index (χ1n) is 8.87. The van der Waals surface area contributed by atoms with Crippen molar-refractivity contribution >= 4 is 11.9 Å². The molecule has 3 fully saturated rings. The topological polar surface area (TPSA) is 80.0 Å². The maximum Gasteiger partial charge on any atom is 0.310 e. The summed E-state index contributed by atoms with van der Waals surface area (Å²) in [5.74, 6) is -0.526. The van der Waals surface area contributed by atoms with Gasteiger partial charge in [0.2, 0.25) is 5.91 Å². The minimum atomic E-state index is -0.914. The van der Waals surface area contributed by atoms with Crippen molar-refractivity contribution in [3.05, 3.63) is 23.7 Å². The minimum Gasteiger partial charge on any atom is -0.481 e. The van der Waals surface area contributed by atoms with Gasteiger partial charge in [-0.15, -0.1) is 0 Å². The quantitative estimate of drug-likeness (QED) is 0.915. The number of aryl methyl sites for hydroxylation is 1. The summed E-state index contributed by atoms with van der Waals surface area (Å²) in [5, 5.41) is 9.55. The molecule has 0 radical (unpaired) electrons. The third-order valence-corrected chi connectivity index (χ3v) is 5.74. The van der Waals surface area contributed by atoms with Crippen LogP contribution in [0, 0.1) is 11.8 Å². The van der Waals surface area contributed by atoms with E-state index in [1.165, 1.54) is 0 Å². The summed E-state index contributed by atoms with van der Waals surface area (Å²) in [6, 6.07) is 3.82. The van der Waals surface area contributed by atoms with Crippen LogP contribution in [-0.4, -0.2) is 40.6 Å². The molecule has 0 aromatic carbocycles. The number of ether oxygens (including phenoxy) is 1. The van der Waals surface area contributed by atoms with Gasteiger partial charge >= 0.3 is 5.97 Å². The van der Waals surface area contributed by atoms with E-state index in [1.54, 1.807) is 0 Å². The van der Waals surface area contributed by atoms with Gasteiger partial charge in [-0.2, -0.15) is 0 Å². The Bertz CT molecular complexity index is 654. The minimum absolute atomic E-state index is 0.0773. The van der Waals surface area contributed by atoms with E-state index in [4.69, 9.17) is 9.15 Å². The molecular weight excluding hydrogens is 310 g/mol. The van der Waals surface area contributed by atoms with Crippen molar-refractivity contribution in [3.8, 4) is 0 Å². The number of aliphatic carboxylic acids is 1. The van der Waals surface area contributed by atoms with Crippen molar-refractivity contribution in [2.45, 2.75) is 57.3 Å². The molecule has 6 heteroatoms. The van der Waals surface area contributed by atoms with Crippen LogP contribution < -0.4 is 0 Å². The number of carbonyl (C=O) groups is 2. The lowest BCUT2D eigenvalue weighted by Crippen LogP contribution is -2.45. The van der Waals surface area contributed by atoms with Crippen LogP contribution in [0.2, 0.25) is 0 Å². The third-order valence-electron chi connectivity index (χ3n) is 5.74. The number of carboxylic acids is 1. The smallest absolute Gasteiger partial charge is 0.310 e. The molecule has 24 heavy (non-hydrogen) atoms. The summed E-state index contributed by atoms with van der Waals surface area (Å²) in [7, 11) is 0. The molecule has 6 nitrogen and oxygen atoms in total. The van der Waals surface area contributed by atoms with Crippen LogP contribution in [-0.2, 0) is 20.7 Å². The van der Waals surface area contributed by atoms with Gasteiger partial charge in [-0.1, -0.05) is 6.92 Å². The molecule has 1 unspecified atom stereocenters. The molecule has 1 N–H and O–H groups in total. The number of carboxylic acid groups (broad SMARTS) is 1. The predicted molar refractivity (Wildman–Crippen MR) is 84.3 cm³/mol. The van der Waals surface area contributed by atoms with Gasteiger partial charge in [-0.25, -0.2) is 0 Å². The molecule has 1 amide bonds. The summed E-state index contributed by atoms with van der Waals surface area (Å²) >= 11 is 0. The van der Waals surface area contributed by atoms with Crippen LogP contribution >= 0.6 is 0 Å². The van der Waals surface area contributed by atoms with E-state index in [9.17, 15) is 14.7 Å². The van der Waals surface area contributed by atoms with Crippen LogP contribution in [0.4, 0.5) is 0 Å². The molecule has 0 spiro atoms. The fraction of sp³-hybridized carbons (Fsp3) is 0.667. The number of carbonyl (C=O) groups excluding carboxylic acids is 1. The first-order valence-corrected chi connectivity index (χ1v) is 8.87. The molecule has 3 aliphatic rings. The zero-order valence-corrected chi connectivity index (χ0v) is 13.8. The van der Waals surface area contributed by atoms with E-state index in [1.807, 2.05) is 24.0 Å². The number of rotatable bonds is 4. The SMILES string of the molecule is CCc1ccc(C2CCCN2C(=O)[C@@H]2[C@H](C(=O)O)[C@H]3CC[C@@H]2O3)o1. The van der Waals surface area contributed by atoms with E-state index in [0.29, 0.717) is 6.54 Å². The first kappa shape index (κ1) is 15.7. The molecule has 2 bridgehead atoms. The van der Waals surface area contributed by atoms with Crippen LogP contribution in [0.3, 0.4) is 0 Å². The molecule has 4 heterocycles. The zero-order chi connectivity index (χ0) is 16.8. The molecule has 1 aromatic heterocycles. The molecule has 130 valence electrons. The van der Waals surface area contributed by atoms with Crippen molar-refractivity contribution in [3.63, 3.8) is 0 Å². The average Bonchev–Trinajstić information content (AvgIpc) is 3.35. The van der Waals surface area contributed by atoms with Gasteiger partial charge < -0.3 is 19.2 Å². The second-order valence-corrected chi connectivity index (χ2v) is 7.03. The van der Waals surface area contributed by atoms with Gasteiger partial charge in [0.05, 0.1) is 30.1 Å². The average molecular weight is 333 g/mol. The largest absolute Gasteiger partial charge is 0.481 e. The van der Waals surface area contributed by atoms with Crippen LogP contribution in [0.5, 0.6) is 0 Å². The summed E-state index contributed by atoms with van der Waals surface area (Å²) < 4.78 is 11.6. The van der Waals surface area contributed by atoms with Gasteiger partial charge in [0, 0.05) is 13.0 Å². The van der Waals surface area contributed by atoms with Gasteiger partial charge in [-0.3, -0.25) is 9.59 Å². The van der Waals surface area contributed by atoms with Crippen molar-refractivity contribution in [2.75, 3.05) is 6.54 Å². The van der Waals surface area contributed by atoms with Crippen molar-refractivity contribution in [1.82, 2.24) is 4.90 Å². The first-order chi connectivity index (χ1) is 11.6. The summed E-state index contributed by atoms with van der Waals surface area (Å²) in [6.07, 6.45) is 3.57. The fourth-order valence-corrected chi connectivity index (χ4v) is 4.59. The highest BCUT2D eigenvalue weighted by Crippen LogP contribution is 2.46. The Kier molecular flexibility index (Phi) is 3.87. The van der Waals surface area contributed by atoms with E-state index in [2.05, 4.69) is 0 Å². The molecule has 5 atom stereocenters. The highest BCUT2D eigenvalue weighted by Gasteiger charge is 2.57. The highest BCUT2D eigenvalue weighted by atomic mass is 16.5. The van der Waals surface area contributed by atoms with Crippen LogP contribution in [0.25, 0.3) is 0 Å². The number of furan rings is 1. The predicted octanol–water partition coefficient (Wildman–Crippen LogP) is 2.38.